The van der Waals surface area contributed by atoms with Gasteiger partial charge in [-0.1, -0.05) is 54.1 Å². The van der Waals surface area contributed by atoms with E-state index in [4.69, 9.17) is 11.6 Å². The summed E-state index contributed by atoms with van der Waals surface area (Å²) in [5.74, 6) is -0.294. The second-order valence-electron chi connectivity index (χ2n) is 7.00. The number of hydrogen-bond donors (Lipinski definition) is 1. The number of rotatable bonds is 6. The lowest BCUT2D eigenvalue weighted by Gasteiger charge is -2.10. The number of hydrogen-bond acceptors (Lipinski definition) is 3. The third-order valence-corrected chi connectivity index (χ3v) is 5.35. The molecule has 0 radical (unpaired) electrons. The molecule has 0 aliphatic carbocycles. The topological polar surface area (TPSA) is 68.0 Å². The molecule has 29 heavy (non-hydrogen) atoms. The van der Waals surface area contributed by atoms with Gasteiger partial charge in [-0.05, 0) is 54.7 Å². The fourth-order valence-electron chi connectivity index (χ4n) is 3.40. The minimum atomic E-state index is -1.06. The SMILES string of the molecule is Cc1nc2ccc(C(=O)O)nc2n1Cc1ccc(CCc2ccccc2)cc1Cl. The summed E-state index contributed by atoms with van der Waals surface area (Å²) in [5, 5.41) is 9.91. The number of nitrogens with zero attached hydrogens (tertiary/aromatic N) is 3. The van der Waals surface area contributed by atoms with Gasteiger partial charge < -0.3 is 9.67 Å². The first-order chi connectivity index (χ1) is 14.0. The van der Waals surface area contributed by atoms with E-state index in [2.05, 4.69) is 28.2 Å². The number of aryl methyl sites for hydroxylation is 3. The van der Waals surface area contributed by atoms with E-state index in [0.717, 1.165) is 24.2 Å². The number of benzene rings is 2. The average molecular weight is 406 g/mol. The van der Waals surface area contributed by atoms with Gasteiger partial charge in [0.2, 0.25) is 0 Å². The van der Waals surface area contributed by atoms with Crippen molar-refractivity contribution in [3.05, 3.63) is 93.9 Å². The second-order valence-corrected chi connectivity index (χ2v) is 7.41. The lowest BCUT2D eigenvalue weighted by molar-refractivity contribution is 0.0691. The molecular formula is C23H20ClN3O2. The molecule has 0 bridgehead atoms. The highest BCUT2D eigenvalue weighted by atomic mass is 35.5. The molecule has 6 heteroatoms. The molecule has 0 fully saturated rings. The van der Waals surface area contributed by atoms with E-state index < -0.39 is 5.97 Å². The van der Waals surface area contributed by atoms with Gasteiger partial charge in [0, 0.05) is 5.02 Å². The van der Waals surface area contributed by atoms with Crippen LogP contribution in [0.3, 0.4) is 0 Å². The summed E-state index contributed by atoms with van der Waals surface area (Å²) in [6.45, 7) is 2.36. The Bertz CT molecular complexity index is 1190. The van der Waals surface area contributed by atoms with E-state index in [1.807, 2.05) is 41.8 Å². The molecular weight excluding hydrogens is 386 g/mol. The number of aromatic nitrogens is 3. The first-order valence-electron chi connectivity index (χ1n) is 9.39. The zero-order chi connectivity index (χ0) is 20.4. The Morgan fingerprint density at radius 1 is 1.00 bits per heavy atom. The van der Waals surface area contributed by atoms with Crippen molar-refractivity contribution in [2.75, 3.05) is 0 Å². The van der Waals surface area contributed by atoms with Crippen molar-refractivity contribution in [2.24, 2.45) is 0 Å². The third kappa shape index (κ3) is 4.15. The highest BCUT2D eigenvalue weighted by molar-refractivity contribution is 6.31. The Labute approximate surface area is 173 Å². The van der Waals surface area contributed by atoms with Crippen molar-refractivity contribution in [1.29, 1.82) is 0 Å². The lowest BCUT2D eigenvalue weighted by atomic mass is 10.0. The van der Waals surface area contributed by atoms with Crippen LogP contribution in [0.25, 0.3) is 11.2 Å². The number of carbonyl (C=O) groups is 1. The van der Waals surface area contributed by atoms with Crippen LogP contribution < -0.4 is 0 Å². The Morgan fingerprint density at radius 3 is 2.48 bits per heavy atom. The van der Waals surface area contributed by atoms with Crippen molar-refractivity contribution >= 4 is 28.7 Å². The smallest absolute Gasteiger partial charge is 0.354 e. The summed E-state index contributed by atoms with van der Waals surface area (Å²) in [6, 6.07) is 19.6. The maximum absolute atomic E-state index is 11.3. The monoisotopic (exact) mass is 405 g/mol. The van der Waals surface area contributed by atoms with E-state index in [1.165, 1.54) is 17.2 Å². The van der Waals surface area contributed by atoms with Crippen LogP contribution in [-0.4, -0.2) is 25.6 Å². The quantitative estimate of drug-likeness (QED) is 0.494. The van der Waals surface area contributed by atoms with Crippen LogP contribution in [0, 0.1) is 6.92 Å². The van der Waals surface area contributed by atoms with Crippen molar-refractivity contribution in [2.45, 2.75) is 26.3 Å². The molecule has 0 saturated heterocycles. The molecule has 146 valence electrons. The molecule has 2 heterocycles. The summed E-state index contributed by atoms with van der Waals surface area (Å²) in [7, 11) is 0. The zero-order valence-corrected chi connectivity index (χ0v) is 16.7. The molecule has 0 saturated carbocycles. The lowest BCUT2D eigenvalue weighted by Crippen LogP contribution is -2.06. The van der Waals surface area contributed by atoms with Crippen molar-refractivity contribution in [1.82, 2.24) is 14.5 Å². The Hall–Kier alpha value is -3.18. The van der Waals surface area contributed by atoms with E-state index in [-0.39, 0.29) is 5.69 Å². The minimum Gasteiger partial charge on any atom is -0.477 e. The number of fused-ring (bicyclic) bond motifs is 1. The highest BCUT2D eigenvalue weighted by Crippen LogP contribution is 2.23. The van der Waals surface area contributed by atoms with Crippen LogP contribution in [0.15, 0.2) is 60.7 Å². The summed E-state index contributed by atoms with van der Waals surface area (Å²) < 4.78 is 1.90. The number of halogens is 1. The summed E-state index contributed by atoms with van der Waals surface area (Å²) >= 11 is 6.57. The molecule has 0 aliphatic rings. The molecule has 0 spiro atoms. The van der Waals surface area contributed by atoms with Crippen molar-refractivity contribution in [3.8, 4) is 0 Å². The fraction of sp³-hybridized carbons (Fsp3) is 0.174. The second kappa shape index (κ2) is 8.05. The largest absolute Gasteiger partial charge is 0.477 e. The van der Waals surface area contributed by atoms with Crippen LogP contribution in [0.5, 0.6) is 0 Å². The zero-order valence-electron chi connectivity index (χ0n) is 16.0. The molecule has 0 aliphatic heterocycles. The molecule has 2 aromatic heterocycles. The Morgan fingerprint density at radius 2 is 1.76 bits per heavy atom. The first-order valence-corrected chi connectivity index (χ1v) is 9.77. The number of pyridine rings is 1. The third-order valence-electron chi connectivity index (χ3n) is 4.99. The maximum atomic E-state index is 11.3. The molecule has 5 nitrogen and oxygen atoms in total. The predicted molar refractivity (Wildman–Crippen MR) is 114 cm³/mol. The summed E-state index contributed by atoms with van der Waals surface area (Å²) in [6.07, 6.45) is 1.88. The molecule has 1 N–H and O–H groups in total. The van der Waals surface area contributed by atoms with Gasteiger partial charge in [0.1, 0.15) is 11.3 Å². The van der Waals surface area contributed by atoms with E-state index in [0.29, 0.717) is 22.7 Å². The molecule has 2 aromatic carbocycles. The van der Waals surface area contributed by atoms with Crippen molar-refractivity contribution < 1.29 is 9.90 Å². The maximum Gasteiger partial charge on any atom is 0.354 e. The average Bonchev–Trinajstić information content (AvgIpc) is 3.03. The number of imidazole rings is 1. The predicted octanol–water partition coefficient (Wildman–Crippen LogP) is 4.92. The minimum absolute atomic E-state index is 0.000932. The Kier molecular flexibility index (Phi) is 5.32. The molecule has 0 unspecified atom stereocenters. The van der Waals surface area contributed by atoms with Crippen LogP contribution in [0.1, 0.15) is 33.0 Å². The molecule has 4 rings (SSSR count). The number of carboxylic acids is 1. The number of carboxylic acid groups (broad SMARTS) is 1. The molecule has 0 atom stereocenters. The van der Waals surface area contributed by atoms with Crippen molar-refractivity contribution in [3.63, 3.8) is 0 Å². The summed E-state index contributed by atoms with van der Waals surface area (Å²) in [5.41, 5.74) is 4.64. The van der Waals surface area contributed by atoms with E-state index in [1.54, 1.807) is 6.07 Å². The fourth-order valence-corrected chi connectivity index (χ4v) is 3.66. The van der Waals surface area contributed by atoms with Crippen LogP contribution in [-0.2, 0) is 19.4 Å². The Balaban J connectivity index is 1.57. The van der Waals surface area contributed by atoms with Gasteiger partial charge in [-0.3, -0.25) is 0 Å². The van der Waals surface area contributed by atoms with Gasteiger partial charge in [0.15, 0.2) is 11.3 Å². The van der Waals surface area contributed by atoms with Gasteiger partial charge >= 0.3 is 5.97 Å². The van der Waals surface area contributed by atoms with Gasteiger partial charge in [0.25, 0.3) is 0 Å². The molecule has 4 aromatic rings. The standard InChI is InChI=1S/C23H20ClN3O2/c1-15-25-20-11-12-21(23(28)29)26-22(20)27(15)14-18-10-9-17(13-19(18)24)8-7-16-5-3-2-4-6-16/h2-6,9-13H,7-8,14H2,1H3,(H,28,29). The van der Waals surface area contributed by atoms with Crippen LogP contribution in [0.4, 0.5) is 0 Å². The van der Waals surface area contributed by atoms with E-state index in [9.17, 15) is 9.90 Å². The highest BCUT2D eigenvalue weighted by Gasteiger charge is 2.14. The summed E-state index contributed by atoms with van der Waals surface area (Å²) in [4.78, 5) is 20.0. The molecule has 0 amide bonds. The van der Waals surface area contributed by atoms with Gasteiger partial charge in [-0.2, -0.15) is 0 Å². The van der Waals surface area contributed by atoms with E-state index >= 15 is 0 Å². The first kappa shape index (κ1) is 19.2. The van der Waals surface area contributed by atoms with Gasteiger partial charge in [-0.15, -0.1) is 0 Å². The van der Waals surface area contributed by atoms with Gasteiger partial charge in [-0.25, -0.2) is 14.8 Å². The van der Waals surface area contributed by atoms with Gasteiger partial charge in [0.05, 0.1) is 6.54 Å². The van der Waals surface area contributed by atoms with Crippen LogP contribution >= 0.6 is 11.6 Å². The van der Waals surface area contributed by atoms with Crippen LogP contribution in [0.2, 0.25) is 5.02 Å². The number of aromatic carboxylic acids is 1. The normalized spacial score (nSPS) is 11.1.